The lowest BCUT2D eigenvalue weighted by Crippen LogP contribution is -2.29. The van der Waals surface area contributed by atoms with E-state index in [-0.39, 0.29) is 5.56 Å². The van der Waals surface area contributed by atoms with Gasteiger partial charge in [0.2, 0.25) is 0 Å². The van der Waals surface area contributed by atoms with Gasteiger partial charge in [0.15, 0.2) is 0 Å². The van der Waals surface area contributed by atoms with Crippen molar-refractivity contribution in [1.29, 1.82) is 0 Å². The van der Waals surface area contributed by atoms with Crippen LogP contribution in [0.25, 0.3) is 0 Å². The van der Waals surface area contributed by atoms with Gasteiger partial charge in [-0.1, -0.05) is 46.9 Å². The number of halogens is 3. The number of nitrogens with one attached hydrogen (secondary N) is 1. The first kappa shape index (κ1) is 18.5. The Labute approximate surface area is 164 Å². The lowest BCUT2D eigenvalue weighted by molar-refractivity contribution is 0.102. The molecule has 1 aromatic heterocycles. The predicted octanol–water partition coefficient (Wildman–Crippen LogP) is 5.11. The maximum atomic E-state index is 12.7. The van der Waals surface area contributed by atoms with Crippen molar-refractivity contribution in [2.45, 2.75) is 6.54 Å². The van der Waals surface area contributed by atoms with Crippen molar-refractivity contribution >= 4 is 46.4 Å². The third-order valence-corrected chi connectivity index (χ3v) is 4.48. The molecule has 0 spiro atoms. The molecule has 0 aliphatic carbocycles. The highest BCUT2D eigenvalue weighted by Crippen LogP contribution is 2.25. The minimum absolute atomic E-state index is 0.00516. The summed E-state index contributed by atoms with van der Waals surface area (Å²) in [6.07, 6.45) is 1.62. The number of carbonyl (C=O) groups is 1. The second-order valence-electron chi connectivity index (χ2n) is 5.56. The van der Waals surface area contributed by atoms with Gasteiger partial charge in [-0.2, -0.15) is 0 Å². The van der Waals surface area contributed by atoms with Gasteiger partial charge in [-0.25, -0.2) is 0 Å². The highest BCUT2D eigenvalue weighted by Gasteiger charge is 2.14. The molecule has 26 heavy (non-hydrogen) atoms. The Morgan fingerprint density at radius 3 is 2.50 bits per heavy atom. The second-order valence-corrected chi connectivity index (χ2v) is 6.84. The Morgan fingerprint density at radius 2 is 1.73 bits per heavy atom. The van der Waals surface area contributed by atoms with Crippen molar-refractivity contribution in [2.24, 2.45) is 0 Å². The molecule has 1 amide bonds. The van der Waals surface area contributed by atoms with E-state index in [1.165, 1.54) is 16.7 Å². The zero-order valence-corrected chi connectivity index (χ0v) is 15.6. The summed E-state index contributed by atoms with van der Waals surface area (Å²) in [6.45, 7) is 0.304. The summed E-state index contributed by atoms with van der Waals surface area (Å²) in [7, 11) is 0. The number of aromatic nitrogens is 1. The molecule has 0 aliphatic rings. The smallest absolute Gasteiger partial charge is 0.263 e. The minimum Gasteiger partial charge on any atom is -0.320 e. The highest BCUT2D eigenvalue weighted by atomic mass is 35.5. The van der Waals surface area contributed by atoms with Crippen LogP contribution >= 0.6 is 34.8 Å². The molecule has 0 fully saturated rings. The fourth-order valence-corrected chi connectivity index (χ4v) is 3.00. The lowest BCUT2D eigenvalue weighted by atomic mass is 10.2. The van der Waals surface area contributed by atoms with Crippen LogP contribution < -0.4 is 10.9 Å². The van der Waals surface area contributed by atoms with E-state index < -0.39 is 11.5 Å². The molecule has 0 saturated heterocycles. The van der Waals surface area contributed by atoms with Crippen LogP contribution in [0.5, 0.6) is 0 Å². The Morgan fingerprint density at radius 1 is 0.962 bits per heavy atom. The van der Waals surface area contributed by atoms with Gasteiger partial charge in [0.05, 0.1) is 17.3 Å². The molecule has 3 aromatic rings. The SMILES string of the molecule is O=C(Nc1cc(Cl)ccc1Cl)c1cccn(Cc2cccc(Cl)c2)c1=O. The van der Waals surface area contributed by atoms with E-state index in [1.807, 2.05) is 6.07 Å². The number of rotatable bonds is 4. The summed E-state index contributed by atoms with van der Waals surface area (Å²) >= 11 is 17.9. The van der Waals surface area contributed by atoms with Gasteiger partial charge >= 0.3 is 0 Å². The van der Waals surface area contributed by atoms with Crippen LogP contribution in [0.1, 0.15) is 15.9 Å². The van der Waals surface area contributed by atoms with E-state index in [0.717, 1.165) is 5.56 Å². The number of anilines is 1. The van der Waals surface area contributed by atoms with Gasteiger partial charge < -0.3 is 9.88 Å². The maximum absolute atomic E-state index is 12.7. The summed E-state index contributed by atoms with van der Waals surface area (Å²) < 4.78 is 1.44. The molecular formula is C19H13Cl3N2O2. The molecule has 2 aromatic carbocycles. The van der Waals surface area contributed by atoms with Crippen LogP contribution in [0.15, 0.2) is 65.6 Å². The van der Waals surface area contributed by atoms with Crippen LogP contribution in [0.2, 0.25) is 15.1 Å². The van der Waals surface area contributed by atoms with E-state index in [4.69, 9.17) is 34.8 Å². The molecule has 7 heteroatoms. The van der Waals surface area contributed by atoms with Crippen molar-refractivity contribution < 1.29 is 4.79 Å². The molecule has 3 rings (SSSR count). The van der Waals surface area contributed by atoms with Crippen LogP contribution in [0, 0.1) is 0 Å². The third-order valence-electron chi connectivity index (χ3n) is 3.68. The Balaban J connectivity index is 1.88. The number of pyridine rings is 1. The molecule has 0 radical (unpaired) electrons. The minimum atomic E-state index is -0.556. The number of nitrogens with zero attached hydrogens (tertiary/aromatic N) is 1. The molecule has 1 N–H and O–H groups in total. The quantitative estimate of drug-likeness (QED) is 0.653. The first-order valence-electron chi connectivity index (χ1n) is 7.64. The molecule has 0 bridgehead atoms. The molecule has 0 unspecified atom stereocenters. The maximum Gasteiger partial charge on any atom is 0.263 e. The summed E-state index contributed by atoms with van der Waals surface area (Å²) in [5.74, 6) is -0.556. The first-order chi connectivity index (χ1) is 12.4. The Bertz CT molecular complexity index is 1030. The number of hydrogen-bond donors (Lipinski definition) is 1. The van der Waals surface area contributed by atoms with Gasteiger partial charge in [0, 0.05) is 16.2 Å². The van der Waals surface area contributed by atoms with Gasteiger partial charge in [-0.05, 0) is 48.0 Å². The third kappa shape index (κ3) is 4.28. The van der Waals surface area contributed by atoms with Crippen LogP contribution in [0.3, 0.4) is 0 Å². The van der Waals surface area contributed by atoms with Gasteiger partial charge in [0.1, 0.15) is 5.56 Å². The standard InChI is InChI=1S/C19H13Cl3N2O2/c20-13-4-1-3-12(9-13)11-24-8-2-5-15(19(24)26)18(25)23-17-10-14(21)6-7-16(17)22/h1-10H,11H2,(H,23,25). The van der Waals surface area contributed by atoms with Gasteiger partial charge in [-0.15, -0.1) is 0 Å². The molecular weight excluding hydrogens is 395 g/mol. The van der Waals surface area contributed by atoms with Crippen LogP contribution in [0.4, 0.5) is 5.69 Å². The first-order valence-corrected chi connectivity index (χ1v) is 8.78. The van der Waals surface area contributed by atoms with Crippen LogP contribution in [-0.2, 0) is 6.54 Å². The zero-order valence-electron chi connectivity index (χ0n) is 13.4. The molecule has 0 atom stereocenters. The molecule has 132 valence electrons. The van der Waals surface area contributed by atoms with Crippen molar-refractivity contribution in [3.8, 4) is 0 Å². The number of amides is 1. The highest BCUT2D eigenvalue weighted by molar-refractivity contribution is 6.35. The van der Waals surface area contributed by atoms with Crippen molar-refractivity contribution in [1.82, 2.24) is 4.57 Å². The summed E-state index contributed by atoms with van der Waals surface area (Å²) in [6, 6.07) is 15.0. The zero-order chi connectivity index (χ0) is 18.7. The summed E-state index contributed by atoms with van der Waals surface area (Å²) in [4.78, 5) is 25.2. The topological polar surface area (TPSA) is 51.1 Å². The fourth-order valence-electron chi connectivity index (χ4n) is 2.45. The van der Waals surface area contributed by atoms with Crippen LogP contribution in [-0.4, -0.2) is 10.5 Å². The average molecular weight is 408 g/mol. The van der Waals surface area contributed by atoms with E-state index in [0.29, 0.717) is 27.3 Å². The molecule has 1 heterocycles. The molecule has 4 nitrogen and oxygen atoms in total. The molecule has 0 aliphatic heterocycles. The fraction of sp³-hybridized carbons (Fsp3) is 0.0526. The van der Waals surface area contributed by atoms with Crippen molar-refractivity contribution in [2.75, 3.05) is 5.32 Å². The monoisotopic (exact) mass is 406 g/mol. The van der Waals surface area contributed by atoms with Crippen molar-refractivity contribution in [3.05, 3.63) is 97.3 Å². The summed E-state index contributed by atoms with van der Waals surface area (Å²) in [5, 5.41) is 3.96. The van der Waals surface area contributed by atoms with E-state index in [2.05, 4.69) is 5.32 Å². The summed E-state index contributed by atoms with van der Waals surface area (Å²) in [5.41, 5.74) is 0.789. The van der Waals surface area contributed by atoms with E-state index in [9.17, 15) is 9.59 Å². The van der Waals surface area contributed by atoms with Gasteiger partial charge in [0.25, 0.3) is 11.5 Å². The van der Waals surface area contributed by atoms with Crippen molar-refractivity contribution in [3.63, 3.8) is 0 Å². The molecule has 0 saturated carbocycles. The van der Waals surface area contributed by atoms with E-state index >= 15 is 0 Å². The lowest BCUT2D eigenvalue weighted by Gasteiger charge is -2.10. The van der Waals surface area contributed by atoms with Gasteiger partial charge in [-0.3, -0.25) is 9.59 Å². The Kier molecular flexibility index (Phi) is 5.67. The van der Waals surface area contributed by atoms with E-state index in [1.54, 1.807) is 42.6 Å². The normalized spacial score (nSPS) is 10.6. The Hall–Kier alpha value is -2.27. The number of benzene rings is 2. The predicted molar refractivity (Wildman–Crippen MR) is 106 cm³/mol. The average Bonchev–Trinajstić information content (AvgIpc) is 2.60. The largest absolute Gasteiger partial charge is 0.320 e. The number of carbonyl (C=O) groups excluding carboxylic acids is 1. The second kappa shape index (κ2) is 7.96. The number of hydrogen-bond acceptors (Lipinski definition) is 2.